The van der Waals surface area contributed by atoms with Crippen molar-refractivity contribution in [2.45, 2.75) is 63.4 Å². The lowest BCUT2D eigenvalue weighted by Crippen LogP contribution is -2.59. The van der Waals surface area contributed by atoms with E-state index in [9.17, 15) is 18.4 Å². The van der Waals surface area contributed by atoms with Crippen LogP contribution < -0.4 is 0 Å². The first-order valence-corrected chi connectivity index (χ1v) is 11.4. The van der Waals surface area contributed by atoms with Crippen LogP contribution in [-0.2, 0) is 25.5 Å². The molecule has 2 atom stereocenters. The maximum atomic E-state index is 13.3. The Morgan fingerprint density at radius 2 is 1.72 bits per heavy atom. The number of benzene rings is 2. The summed E-state index contributed by atoms with van der Waals surface area (Å²) in [4.78, 5) is 24.7. The standard InChI is InChI=1S/C26H28F2O4/c1-24(27,28)23(30)31-16-25-11-17-9-18(12-25)14-26(13-17,15-25)32-22(29)10-20-7-4-6-19-5-2-3-8-21(19)20/h2-8,17-18H,9-16H2,1H3. The molecule has 4 aliphatic carbocycles. The molecule has 0 radical (unpaired) electrons. The van der Waals surface area contributed by atoms with E-state index in [2.05, 4.69) is 0 Å². The molecule has 4 nitrogen and oxygen atoms in total. The van der Waals surface area contributed by atoms with Gasteiger partial charge in [-0.25, -0.2) is 4.79 Å². The van der Waals surface area contributed by atoms with Gasteiger partial charge in [0.1, 0.15) is 5.60 Å². The number of esters is 2. The third-order valence-electron chi connectivity index (χ3n) is 7.54. The molecule has 6 heteroatoms. The minimum absolute atomic E-state index is 0.0229. The van der Waals surface area contributed by atoms with E-state index < -0.39 is 17.5 Å². The molecule has 170 valence electrons. The first-order valence-electron chi connectivity index (χ1n) is 11.4. The molecule has 4 aliphatic rings. The number of alkyl halides is 2. The molecule has 4 bridgehead atoms. The van der Waals surface area contributed by atoms with Crippen molar-refractivity contribution in [2.75, 3.05) is 6.61 Å². The lowest BCUT2D eigenvalue weighted by molar-refractivity contribution is -0.213. The number of carbonyl (C=O) groups excluding carboxylic acids is 2. The summed E-state index contributed by atoms with van der Waals surface area (Å²) in [5.74, 6) is -4.47. The van der Waals surface area contributed by atoms with Crippen LogP contribution in [0.1, 0.15) is 51.0 Å². The van der Waals surface area contributed by atoms with Gasteiger partial charge in [0, 0.05) is 12.3 Å². The number of rotatable bonds is 6. The normalized spacial score (nSPS) is 31.0. The Kier molecular flexibility index (Phi) is 5.02. The number of ether oxygens (including phenoxy) is 2. The quantitative estimate of drug-likeness (QED) is 0.557. The van der Waals surface area contributed by atoms with Crippen LogP contribution in [-0.4, -0.2) is 30.1 Å². The molecule has 0 heterocycles. The molecule has 4 fully saturated rings. The van der Waals surface area contributed by atoms with Gasteiger partial charge in [-0.3, -0.25) is 4.79 Å². The fourth-order valence-corrected chi connectivity index (χ4v) is 6.88. The van der Waals surface area contributed by atoms with Crippen LogP contribution >= 0.6 is 0 Å². The van der Waals surface area contributed by atoms with Gasteiger partial charge >= 0.3 is 17.9 Å². The van der Waals surface area contributed by atoms with E-state index >= 15 is 0 Å². The molecule has 2 aromatic rings. The topological polar surface area (TPSA) is 52.6 Å². The smallest absolute Gasteiger partial charge is 0.376 e. The zero-order chi connectivity index (χ0) is 22.6. The molecular weight excluding hydrogens is 414 g/mol. The largest absolute Gasteiger partial charge is 0.461 e. The second-order valence-corrected chi connectivity index (χ2v) is 10.4. The molecule has 2 unspecified atom stereocenters. The van der Waals surface area contributed by atoms with Crippen molar-refractivity contribution in [3.8, 4) is 0 Å². The van der Waals surface area contributed by atoms with Crippen LogP contribution in [0.2, 0.25) is 0 Å². The summed E-state index contributed by atoms with van der Waals surface area (Å²) < 4.78 is 37.8. The summed E-state index contributed by atoms with van der Waals surface area (Å²) in [6.45, 7) is 0.538. The molecule has 0 saturated heterocycles. The lowest BCUT2D eigenvalue weighted by Gasteiger charge is -2.60. The summed E-state index contributed by atoms with van der Waals surface area (Å²) in [5.41, 5.74) is -0.0101. The van der Waals surface area contributed by atoms with Crippen molar-refractivity contribution >= 4 is 22.7 Å². The zero-order valence-electron chi connectivity index (χ0n) is 18.2. The minimum atomic E-state index is -3.50. The zero-order valence-corrected chi connectivity index (χ0v) is 18.2. The summed E-state index contributed by atoms with van der Waals surface area (Å²) in [6, 6.07) is 13.9. The third kappa shape index (κ3) is 4.00. The summed E-state index contributed by atoms with van der Waals surface area (Å²) in [5, 5.41) is 2.13. The first-order chi connectivity index (χ1) is 15.2. The lowest BCUT2D eigenvalue weighted by atomic mass is 9.48. The van der Waals surface area contributed by atoms with Gasteiger partial charge in [0.05, 0.1) is 13.0 Å². The predicted octanol–water partition coefficient (Wildman–Crippen LogP) is 5.46. The maximum Gasteiger partial charge on any atom is 0.376 e. The highest BCUT2D eigenvalue weighted by molar-refractivity contribution is 5.89. The van der Waals surface area contributed by atoms with Gasteiger partial charge in [0.25, 0.3) is 0 Å². The van der Waals surface area contributed by atoms with Gasteiger partial charge in [-0.15, -0.1) is 0 Å². The Hall–Kier alpha value is -2.50. The highest BCUT2D eigenvalue weighted by atomic mass is 19.3. The molecule has 0 aliphatic heterocycles. The molecule has 32 heavy (non-hydrogen) atoms. The molecule has 0 aromatic heterocycles. The van der Waals surface area contributed by atoms with Gasteiger partial charge < -0.3 is 9.47 Å². The summed E-state index contributed by atoms with van der Waals surface area (Å²) in [6.07, 6.45) is 5.15. The predicted molar refractivity (Wildman–Crippen MR) is 115 cm³/mol. The number of hydrogen-bond donors (Lipinski definition) is 0. The second kappa shape index (κ2) is 7.53. The van der Waals surface area contributed by atoms with E-state index in [-0.39, 0.29) is 24.4 Å². The monoisotopic (exact) mass is 442 g/mol. The van der Waals surface area contributed by atoms with Crippen molar-refractivity contribution in [3.05, 3.63) is 48.0 Å². The Balaban J connectivity index is 1.31. The molecule has 6 rings (SSSR count). The highest BCUT2D eigenvalue weighted by Gasteiger charge is 2.60. The van der Waals surface area contributed by atoms with Gasteiger partial charge in [0.2, 0.25) is 0 Å². The van der Waals surface area contributed by atoms with Crippen LogP contribution in [0.15, 0.2) is 42.5 Å². The Morgan fingerprint density at radius 1 is 1.03 bits per heavy atom. The highest BCUT2D eigenvalue weighted by Crippen LogP contribution is 2.63. The summed E-state index contributed by atoms with van der Waals surface area (Å²) >= 11 is 0. The second-order valence-electron chi connectivity index (χ2n) is 10.4. The van der Waals surface area contributed by atoms with Crippen molar-refractivity contribution in [1.82, 2.24) is 0 Å². The molecular formula is C26H28F2O4. The fourth-order valence-electron chi connectivity index (χ4n) is 6.88. The average molecular weight is 443 g/mol. The van der Waals surface area contributed by atoms with E-state index in [4.69, 9.17) is 9.47 Å². The maximum absolute atomic E-state index is 13.3. The molecule has 0 N–H and O–H groups in total. The molecule has 0 spiro atoms. The SMILES string of the molecule is CC(F)(F)C(=O)OCC12CC3CC(C1)CC(OC(=O)Cc1cccc4ccccc14)(C3)C2. The Bertz CT molecular complexity index is 1040. The van der Waals surface area contributed by atoms with Crippen LogP contribution in [0.5, 0.6) is 0 Å². The van der Waals surface area contributed by atoms with Crippen LogP contribution in [0.4, 0.5) is 8.78 Å². The number of halogens is 2. The van der Waals surface area contributed by atoms with Gasteiger partial charge in [0.15, 0.2) is 0 Å². The van der Waals surface area contributed by atoms with E-state index in [0.717, 1.165) is 48.4 Å². The van der Waals surface area contributed by atoms with Gasteiger partial charge in [-0.2, -0.15) is 8.78 Å². The Labute approximate surface area is 186 Å². The minimum Gasteiger partial charge on any atom is -0.461 e. The first kappa shape index (κ1) is 21.4. The van der Waals surface area contributed by atoms with E-state index in [1.54, 1.807) is 0 Å². The van der Waals surface area contributed by atoms with Crippen LogP contribution in [0.3, 0.4) is 0 Å². The van der Waals surface area contributed by atoms with E-state index in [0.29, 0.717) is 25.2 Å². The average Bonchev–Trinajstić information content (AvgIpc) is 2.70. The third-order valence-corrected chi connectivity index (χ3v) is 7.54. The van der Waals surface area contributed by atoms with Crippen molar-refractivity contribution in [1.29, 1.82) is 0 Å². The van der Waals surface area contributed by atoms with E-state index in [1.807, 2.05) is 42.5 Å². The number of carbonyl (C=O) groups is 2. The summed E-state index contributed by atoms with van der Waals surface area (Å²) in [7, 11) is 0. The Morgan fingerprint density at radius 3 is 2.44 bits per heavy atom. The van der Waals surface area contributed by atoms with Crippen molar-refractivity contribution < 1.29 is 27.8 Å². The van der Waals surface area contributed by atoms with E-state index in [1.165, 1.54) is 0 Å². The number of hydrogen-bond acceptors (Lipinski definition) is 4. The number of fused-ring (bicyclic) bond motifs is 1. The fraction of sp³-hybridized carbons (Fsp3) is 0.538. The van der Waals surface area contributed by atoms with Crippen molar-refractivity contribution in [3.63, 3.8) is 0 Å². The molecule has 2 aromatic carbocycles. The molecule has 4 saturated carbocycles. The van der Waals surface area contributed by atoms with Gasteiger partial charge in [-0.1, -0.05) is 42.5 Å². The van der Waals surface area contributed by atoms with Crippen LogP contribution in [0, 0.1) is 17.3 Å². The van der Waals surface area contributed by atoms with Crippen molar-refractivity contribution in [2.24, 2.45) is 17.3 Å². The van der Waals surface area contributed by atoms with Gasteiger partial charge in [-0.05, 0) is 66.7 Å². The van der Waals surface area contributed by atoms with Crippen LogP contribution in [0.25, 0.3) is 10.8 Å². The molecule has 0 amide bonds.